The number of carbonyl (C=O) groups is 1. The van der Waals surface area contributed by atoms with Crippen molar-refractivity contribution in [3.63, 3.8) is 0 Å². The summed E-state index contributed by atoms with van der Waals surface area (Å²) in [6, 6.07) is 17.3. The van der Waals surface area contributed by atoms with Crippen molar-refractivity contribution in [1.29, 1.82) is 0 Å². The zero-order valence-corrected chi connectivity index (χ0v) is 19.0. The minimum absolute atomic E-state index is 0.0300. The van der Waals surface area contributed by atoms with Crippen LogP contribution in [0.15, 0.2) is 65.6 Å². The van der Waals surface area contributed by atoms with Crippen LogP contribution in [0.2, 0.25) is 0 Å². The number of primary sulfonamides is 1. The number of benzene rings is 3. The first-order chi connectivity index (χ1) is 15.2. The van der Waals surface area contributed by atoms with Gasteiger partial charge in [0.15, 0.2) is 0 Å². The molecular formula is C25H25N3O3S. The van der Waals surface area contributed by atoms with Crippen LogP contribution < -0.4 is 10.5 Å². The van der Waals surface area contributed by atoms with Gasteiger partial charge in [0.1, 0.15) is 0 Å². The quantitative estimate of drug-likeness (QED) is 0.433. The summed E-state index contributed by atoms with van der Waals surface area (Å²) in [6.45, 7) is 6.59. The smallest absolute Gasteiger partial charge is 0.248 e. The molecule has 0 atom stereocenters. The monoisotopic (exact) mass is 447 g/mol. The van der Waals surface area contributed by atoms with E-state index < -0.39 is 10.0 Å². The summed E-state index contributed by atoms with van der Waals surface area (Å²) >= 11 is 0. The van der Waals surface area contributed by atoms with E-state index in [0.29, 0.717) is 5.69 Å². The van der Waals surface area contributed by atoms with E-state index in [4.69, 9.17) is 5.14 Å². The lowest BCUT2D eigenvalue weighted by molar-refractivity contribution is -0.111. The average molecular weight is 448 g/mol. The largest absolute Gasteiger partial charge is 0.341 e. The van der Waals surface area contributed by atoms with Gasteiger partial charge in [0.05, 0.1) is 4.90 Å². The third kappa shape index (κ3) is 4.04. The van der Waals surface area contributed by atoms with Crippen LogP contribution in [-0.4, -0.2) is 18.9 Å². The van der Waals surface area contributed by atoms with E-state index in [1.54, 1.807) is 13.0 Å². The Hall–Kier alpha value is -3.42. The highest BCUT2D eigenvalue weighted by molar-refractivity contribution is 7.89. The van der Waals surface area contributed by atoms with Gasteiger partial charge < -0.3 is 9.88 Å². The molecule has 0 aliphatic carbocycles. The van der Waals surface area contributed by atoms with Crippen LogP contribution in [-0.2, 0) is 21.4 Å². The first-order valence-electron chi connectivity index (χ1n) is 10.3. The maximum absolute atomic E-state index is 12.6. The third-order valence-electron chi connectivity index (χ3n) is 5.77. The highest BCUT2D eigenvalue weighted by atomic mass is 32.2. The van der Waals surface area contributed by atoms with E-state index in [1.807, 2.05) is 25.1 Å². The van der Waals surface area contributed by atoms with Crippen molar-refractivity contribution in [2.45, 2.75) is 32.2 Å². The van der Waals surface area contributed by atoms with E-state index in [0.717, 1.165) is 34.1 Å². The number of nitrogens with one attached hydrogen (secondary N) is 1. The number of aromatic nitrogens is 1. The maximum atomic E-state index is 12.6. The summed E-state index contributed by atoms with van der Waals surface area (Å²) in [7, 11) is -3.87. The lowest BCUT2D eigenvalue weighted by Crippen LogP contribution is -2.15. The molecule has 3 aromatic carbocycles. The number of nitrogens with two attached hydrogens (primary N) is 1. The molecule has 0 aliphatic rings. The van der Waals surface area contributed by atoms with Gasteiger partial charge in [0, 0.05) is 40.1 Å². The van der Waals surface area contributed by atoms with Crippen molar-refractivity contribution in [2.75, 3.05) is 5.32 Å². The van der Waals surface area contributed by atoms with E-state index >= 15 is 0 Å². The Labute approximate surface area is 187 Å². The molecule has 0 bridgehead atoms. The number of carbonyl (C=O) groups excluding carboxylic acids is 1. The van der Waals surface area contributed by atoms with Gasteiger partial charge in [-0.25, -0.2) is 13.6 Å². The minimum atomic E-state index is -3.87. The van der Waals surface area contributed by atoms with Gasteiger partial charge in [-0.05, 0) is 73.9 Å². The molecule has 1 amide bonds. The normalized spacial score (nSPS) is 12.1. The predicted octanol–water partition coefficient (Wildman–Crippen LogP) is 4.73. The van der Waals surface area contributed by atoms with E-state index in [1.165, 1.54) is 29.1 Å². The standard InChI is InChI=1S/C25H25N3O3S/c1-4-28-23-8-6-5-7-20(23)21-14-18(9-11-24(21)28)10-12-25(29)27-22-15-19(32(26,30)31)13-16(2)17(22)3/h5-15H,4H2,1-3H3,(H,27,29)(H2,26,30,31)/b12-10+. The van der Waals surface area contributed by atoms with Gasteiger partial charge >= 0.3 is 0 Å². The molecule has 6 nitrogen and oxygen atoms in total. The number of para-hydroxylation sites is 1. The summed E-state index contributed by atoms with van der Waals surface area (Å²) in [6.07, 6.45) is 3.19. The number of hydrogen-bond acceptors (Lipinski definition) is 3. The van der Waals surface area contributed by atoms with Crippen LogP contribution in [0.4, 0.5) is 5.69 Å². The molecular weight excluding hydrogens is 422 g/mol. The summed E-state index contributed by atoms with van der Waals surface area (Å²) in [5.74, 6) is -0.352. The Morgan fingerprint density at radius 3 is 2.47 bits per heavy atom. The van der Waals surface area contributed by atoms with Gasteiger partial charge in [-0.15, -0.1) is 0 Å². The lowest BCUT2D eigenvalue weighted by atomic mass is 10.1. The van der Waals surface area contributed by atoms with Crippen molar-refractivity contribution in [3.05, 3.63) is 77.4 Å². The number of anilines is 1. The molecule has 0 saturated carbocycles. The predicted molar refractivity (Wildman–Crippen MR) is 130 cm³/mol. The van der Waals surface area contributed by atoms with Gasteiger partial charge in [-0.3, -0.25) is 4.79 Å². The van der Waals surface area contributed by atoms with E-state index in [9.17, 15) is 13.2 Å². The van der Waals surface area contributed by atoms with Crippen molar-refractivity contribution < 1.29 is 13.2 Å². The van der Waals surface area contributed by atoms with E-state index in [-0.39, 0.29) is 10.8 Å². The zero-order valence-electron chi connectivity index (χ0n) is 18.2. The first kappa shape index (κ1) is 21.8. The van der Waals surface area contributed by atoms with Gasteiger partial charge in [0.2, 0.25) is 15.9 Å². The van der Waals surface area contributed by atoms with E-state index in [2.05, 4.69) is 41.1 Å². The van der Waals surface area contributed by atoms with Crippen molar-refractivity contribution in [1.82, 2.24) is 4.57 Å². The molecule has 0 unspecified atom stereocenters. The molecule has 0 saturated heterocycles. The molecule has 0 aliphatic heterocycles. The molecule has 3 N–H and O–H groups in total. The Bertz CT molecular complexity index is 1500. The van der Waals surface area contributed by atoms with Crippen LogP contribution in [0.3, 0.4) is 0 Å². The van der Waals surface area contributed by atoms with Crippen LogP contribution in [0.1, 0.15) is 23.6 Å². The fourth-order valence-corrected chi connectivity index (χ4v) is 4.61. The number of fused-ring (bicyclic) bond motifs is 3. The number of rotatable bonds is 5. The SMILES string of the molecule is CCn1c2ccccc2c2cc(/C=C/C(=O)Nc3cc(S(N)(=O)=O)cc(C)c3C)ccc21. The molecule has 0 spiro atoms. The summed E-state index contributed by atoms with van der Waals surface area (Å²) in [5, 5.41) is 10.3. The molecule has 1 aromatic heterocycles. The summed E-state index contributed by atoms with van der Waals surface area (Å²) in [5.41, 5.74) is 5.18. The Morgan fingerprint density at radius 1 is 1.03 bits per heavy atom. The molecule has 0 radical (unpaired) electrons. The number of sulfonamides is 1. The molecule has 7 heteroatoms. The fraction of sp³-hybridized carbons (Fsp3) is 0.160. The second kappa shape index (κ2) is 8.26. The van der Waals surface area contributed by atoms with Crippen LogP contribution in [0, 0.1) is 13.8 Å². The Balaban J connectivity index is 1.63. The van der Waals surface area contributed by atoms with Crippen molar-refractivity contribution in [3.8, 4) is 0 Å². The number of nitrogens with zero attached hydrogens (tertiary/aromatic N) is 1. The highest BCUT2D eigenvalue weighted by Crippen LogP contribution is 2.30. The zero-order chi connectivity index (χ0) is 23.0. The fourth-order valence-electron chi connectivity index (χ4n) is 3.98. The Kier molecular flexibility index (Phi) is 5.62. The summed E-state index contributed by atoms with van der Waals surface area (Å²) in [4.78, 5) is 12.5. The third-order valence-corrected chi connectivity index (χ3v) is 6.66. The Morgan fingerprint density at radius 2 is 1.75 bits per heavy atom. The second-order valence-corrected chi connectivity index (χ2v) is 9.38. The minimum Gasteiger partial charge on any atom is -0.341 e. The molecule has 32 heavy (non-hydrogen) atoms. The van der Waals surface area contributed by atoms with Crippen molar-refractivity contribution >= 4 is 49.5 Å². The van der Waals surface area contributed by atoms with Crippen molar-refractivity contribution in [2.24, 2.45) is 5.14 Å². The highest BCUT2D eigenvalue weighted by Gasteiger charge is 2.14. The number of hydrogen-bond donors (Lipinski definition) is 2. The van der Waals surface area contributed by atoms with Gasteiger partial charge in [-0.1, -0.05) is 24.3 Å². The number of aryl methyl sites for hydroxylation is 2. The lowest BCUT2D eigenvalue weighted by Gasteiger charge is -2.11. The average Bonchev–Trinajstić information content (AvgIpc) is 3.07. The second-order valence-electron chi connectivity index (χ2n) is 7.82. The topological polar surface area (TPSA) is 94.2 Å². The maximum Gasteiger partial charge on any atom is 0.248 e. The van der Waals surface area contributed by atoms with Gasteiger partial charge in [-0.2, -0.15) is 0 Å². The molecule has 1 heterocycles. The molecule has 0 fully saturated rings. The van der Waals surface area contributed by atoms with Gasteiger partial charge in [0.25, 0.3) is 0 Å². The van der Waals surface area contributed by atoms with Crippen LogP contribution in [0.25, 0.3) is 27.9 Å². The van der Waals surface area contributed by atoms with Crippen LogP contribution in [0.5, 0.6) is 0 Å². The summed E-state index contributed by atoms with van der Waals surface area (Å²) < 4.78 is 25.7. The molecule has 4 rings (SSSR count). The number of amides is 1. The van der Waals surface area contributed by atoms with Crippen LogP contribution >= 0.6 is 0 Å². The first-order valence-corrected chi connectivity index (χ1v) is 11.9. The molecule has 4 aromatic rings. The molecule has 164 valence electrons.